The number of hydrogen-bond acceptors (Lipinski definition) is 3. The van der Waals surface area contributed by atoms with E-state index in [9.17, 15) is 18.4 Å². The summed E-state index contributed by atoms with van der Waals surface area (Å²) in [5.74, 6) is -2.47. The Balaban J connectivity index is 2.32. The molecule has 0 aliphatic heterocycles. The van der Waals surface area contributed by atoms with Crippen molar-refractivity contribution >= 4 is 22.9 Å². The molecule has 0 saturated heterocycles. The topological polar surface area (TPSA) is 62.0 Å². The highest BCUT2D eigenvalue weighted by molar-refractivity contribution is 7.11. The molecule has 0 aliphatic carbocycles. The van der Waals surface area contributed by atoms with Crippen molar-refractivity contribution in [2.75, 3.05) is 5.32 Å². The zero-order valence-electron chi connectivity index (χ0n) is 9.21. The second-order valence-electron chi connectivity index (χ2n) is 3.52. The molecular formula is C11H8F2N2O2S. The molecule has 2 rings (SSSR count). The number of amides is 1. The molecule has 94 valence electrons. The Labute approximate surface area is 104 Å². The number of rotatable bonds is 2. The maximum atomic E-state index is 13.3. The van der Waals surface area contributed by atoms with Gasteiger partial charge in [0, 0.05) is 5.69 Å². The van der Waals surface area contributed by atoms with Gasteiger partial charge < -0.3 is 10.3 Å². The number of aryl methyl sites for hydroxylation is 1. The van der Waals surface area contributed by atoms with Crippen LogP contribution in [0.15, 0.2) is 23.0 Å². The molecule has 2 aromatic rings. The first kappa shape index (κ1) is 12.4. The lowest BCUT2D eigenvalue weighted by Gasteiger charge is -2.06. The van der Waals surface area contributed by atoms with E-state index in [2.05, 4.69) is 10.3 Å². The van der Waals surface area contributed by atoms with Gasteiger partial charge in [-0.3, -0.25) is 9.59 Å². The van der Waals surface area contributed by atoms with E-state index in [4.69, 9.17) is 0 Å². The molecule has 0 aliphatic rings. The monoisotopic (exact) mass is 270 g/mol. The van der Waals surface area contributed by atoms with Crippen LogP contribution in [0.4, 0.5) is 14.5 Å². The Morgan fingerprint density at radius 3 is 2.44 bits per heavy atom. The average molecular weight is 270 g/mol. The number of carbonyl (C=O) groups excluding carboxylic acids is 1. The van der Waals surface area contributed by atoms with Crippen molar-refractivity contribution in [3.63, 3.8) is 0 Å². The maximum absolute atomic E-state index is 13.3. The summed E-state index contributed by atoms with van der Waals surface area (Å²) in [6.45, 7) is 1.53. The molecule has 4 nitrogen and oxygen atoms in total. The summed E-state index contributed by atoms with van der Waals surface area (Å²) in [6.07, 6.45) is 0. The fraction of sp³-hybridized carbons (Fsp3) is 0.0909. The number of para-hydroxylation sites is 1. The highest BCUT2D eigenvalue weighted by atomic mass is 32.1. The Hall–Kier alpha value is -2.02. The number of anilines is 1. The number of hydrogen-bond donors (Lipinski definition) is 2. The van der Waals surface area contributed by atoms with Gasteiger partial charge in [-0.25, -0.2) is 8.78 Å². The van der Waals surface area contributed by atoms with Gasteiger partial charge in [0.25, 0.3) is 5.91 Å². The molecule has 0 unspecified atom stereocenters. The minimum atomic E-state index is -0.871. The third kappa shape index (κ3) is 2.30. The number of aromatic amines is 1. The van der Waals surface area contributed by atoms with E-state index in [0.717, 1.165) is 12.1 Å². The predicted octanol–water partition coefficient (Wildman–Crippen LogP) is 2.28. The zero-order chi connectivity index (χ0) is 13.3. The van der Waals surface area contributed by atoms with Crippen LogP contribution in [0.1, 0.15) is 15.4 Å². The third-order valence-electron chi connectivity index (χ3n) is 2.23. The molecule has 2 N–H and O–H groups in total. The summed E-state index contributed by atoms with van der Waals surface area (Å²) in [7, 11) is 0. The molecule has 1 amide bonds. The molecule has 0 bridgehead atoms. The number of carbonyl (C=O) groups is 1. The highest BCUT2D eigenvalue weighted by Crippen LogP contribution is 2.20. The van der Waals surface area contributed by atoms with Crippen molar-refractivity contribution in [1.29, 1.82) is 0 Å². The van der Waals surface area contributed by atoms with Crippen LogP contribution in [-0.4, -0.2) is 10.9 Å². The number of H-pyrrole nitrogens is 1. The van der Waals surface area contributed by atoms with Crippen molar-refractivity contribution in [3.05, 3.63) is 50.1 Å². The van der Waals surface area contributed by atoms with E-state index in [1.54, 1.807) is 0 Å². The van der Waals surface area contributed by atoms with Crippen molar-refractivity contribution in [1.82, 2.24) is 4.98 Å². The molecule has 1 aromatic heterocycles. The van der Waals surface area contributed by atoms with Crippen LogP contribution in [0.25, 0.3) is 0 Å². The fourth-order valence-corrected chi connectivity index (χ4v) is 2.15. The minimum absolute atomic E-state index is 0.0997. The number of aromatic nitrogens is 1. The van der Waals surface area contributed by atoms with Crippen LogP contribution in [0, 0.1) is 18.6 Å². The Morgan fingerprint density at radius 2 is 1.94 bits per heavy atom. The summed E-state index contributed by atoms with van der Waals surface area (Å²) >= 11 is 0.685. The zero-order valence-corrected chi connectivity index (χ0v) is 10.0. The van der Waals surface area contributed by atoms with E-state index in [1.807, 2.05) is 0 Å². The Kier molecular flexibility index (Phi) is 3.24. The molecule has 0 spiro atoms. The number of halogens is 2. The van der Waals surface area contributed by atoms with Crippen LogP contribution in [0.2, 0.25) is 0 Å². The molecular weight excluding hydrogens is 262 g/mol. The van der Waals surface area contributed by atoms with Gasteiger partial charge in [-0.15, -0.1) is 0 Å². The van der Waals surface area contributed by atoms with Gasteiger partial charge in [0.2, 0.25) is 0 Å². The van der Waals surface area contributed by atoms with Crippen molar-refractivity contribution in [3.8, 4) is 0 Å². The lowest BCUT2D eigenvalue weighted by Crippen LogP contribution is -2.14. The minimum Gasteiger partial charge on any atom is -0.316 e. The molecule has 0 radical (unpaired) electrons. The van der Waals surface area contributed by atoms with Crippen LogP contribution in [0.5, 0.6) is 0 Å². The normalized spacial score (nSPS) is 10.4. The number of nitrogens with one attached hydrogen (secondary N) is 2. The first-order valence-electron chi connectivity index (χ1n) is 4.94. The summed E-state index contributed by atoms with van der Waals surface area (Å²) < 4.78 is 26.6. The van der Waals surface area contributed by atoms with E-state index in [1.165, 1.54) is 13.0 Å². The van der Waals surface area contributed by atoms with Crippen LogP contribution >= 0.6 is 11.3 Å². The third-order valence-corrected chi connectivity index (χ3v) is 3.22. The van der Waals surface area contributed by atoms with Crippen molar-refractivity contribution < 1.29 is 13.6 Å². The Morgan fingerprint density at radius 1 is 1.33 bits per heavy atom. The molecule has 0 fully saturated rings. The lowest BCUT2D eigenvalue weighted by molar-refractivity contribution is 0.102. The summed E-state index contributed by atoms with van der Waals surface area (Å²) in [5.41, 5.74) is -0.165. The second-order valence-corrected chi connectivity index (χ2v) is 4.50. The van der Waals surface area contributed by atoms with Crippen LogP contribution in [0.3, 0.4) is 0 Å². The van der Waals surface area contributed by atoms with E-state index in [0.29, 0.717) is 17.0 Å². The second kappa shape index (κ2) is 4.69. The van der Waals surface area contributed by atoms with E-state index < -0.39 is 28.1 Å². The first-order chi connectivity index (χ1) is 8.49. The molecule has 0 atom stereocenters. The maximum Gasteiger partial charge on any atom is 0.305 e. The van der Waals surface area contributed by atoms with Gasteiger partial charge in [-0.2, -0.15) is 0 Å². The van der Waals surface area contributed by atoms with Crippen molar-refractivity contribution in [2.24, 2.45) is 0 Å². The van der Waals surface area contributed by atoms with Gasteiger partial charge in [0.05, 0.1) is 0 Å². The van der Waals surface area contributed by atoms with Gasteiger partial charge in [0.15, 0.2) is 0 Å². The smallest absolute Gasteiger partial charge is 0.305 e. The SMILES string of the molecule is Cc1[nH]c(=O)sc1C(=O)Nc1c(F)cccc1F. The van der Waals surface area contributed by atoms with Crippen molar-refractivity contribution in [2.45, 2.75) is 6.92 Å². The predicted molar refractivity (Wildman–Crippen MR) is 64.0 cm³/mol. The number of benzene rings is 1. The molecule has 1 aromatic carbocycles. The van der Waals surface area contributed by atoms with E-state index in [-0.39, 0.29) is 4.88 Å². The molecule has 1 heterocycles. The summed E-state index contributed by atoms with van der Waals surface area (Å²) in [5, 5.41) is 2.11. The summed E-state index contributed by atoms with van der Waals surface area (Å²) in [4.78, 5) is 24.9. The molecule has 18 heavy (non-hydrogen) atoms. The van der Waals surface area contributed by atoms with Crippen LogP contribution in [-0.2, 0) is 0 Å². The van der Waals surface area contributed by atoms with E-state index >= 15 is 0 Å². The number of thiazole rings is 1. The standard InChI is InChI=1S/C11H8F2N2O2S/c1-5-9(18-11(17)14-5)10(16)15-8-6(12)3-2-4-7(8)13/h2-4H,1H3,(H,14,17)(H,15,16). The molecule has 7 heteroatoms. The first-order valence-corrected chi connectivity index (χ1v) is 5.75. The van der Waals surface area contributed by atoms with Crippen LogP contribution < -0.4 is 10.2 Å². The van der Waals surface area contributed by atoms with Gasteiger partial charge in [-0.05, 0) is 19.1 Å². The van der Waals surface area contributed by atoms with Gasteiger partial charge in [-0.1, -0.05) is 17.4 Å². The summed E-state index contributed by atoms with van der Waals surface area (Å²) in [6, 6.07) is 3.26. The highest BCUT2D eigenvalue weighted by Gasteiger charge is 2.17. The Bertz CT molecular complexity index is 643. The molecule has 0 saturated carbocycles. The fourth-order valence-electron chi connectivity index (χ4n) is 1.41. The largest absolute Gasteiger partial charge is 0.316 e. The lowest BCUT2D eigenvalue weighted by atomic mass is 10.2. The average Bonchev–Trinajstić information content (AvgIpc) is 2.63. The quantitative estimate of drug-likeness (QED) is 0.879. The van der Waals surface area contributed by atoms with Gasteiger partial charge in [0.1, 0.15) is 22.2 Å². The van der Waals surface area contributed by atoms with Gasteiger partial charge >= 0.3 is 4.87 Å².